The molecule has 1 aliphatic rings. The number of fused-ring (bicyclic) bond motifs is 2. The first-order valence-corrected chi connectivity index (χ1v) is 8.84. The standard InChI is InChI=1S/C20H21N3O4/c1-10(2)14-9-13(17-11(3)23-27-19(17)22-14)18(24)21-12-6-7-15-16(8-12)26-20(4,5)25-15/h6-10H,1-5H3,(H,21,24). The van der Waals surface area contributed by atoms with Gasteiger partial charge in [-0.05, 0) is 31.0 Å². The average Bonchev–Trinajstić information content (AvgIpc) is 3.11. The van der Waals surface area contributed by atoms with Gasteiger partial charge < -0.3 is 19.3 Å². The minimum absolute atomic E-state index is 0.152. The maximum atomic E-state index is 13.0. The number of hydrogen-bond acceptors (Lipinski definition) is 6. The van der Waals surface area contributed by atoms with Crippen LogP contribution in [0.25, 0.3) is 11.1 Å². The number of hydrogen-bond donors (Lipinski definition) is 1. The summed E-state index contributed by atoms with van der Waals surface area (Å²) in [6.07, 6.45) is 0. The molecule has 3 aromatic rings. The van der Waals surface area contributed by atoms with E-state index in [0.29, 0.717) is 39.5 Å². The zero-order chi connectivity index (χ0) is 19.3. The lowest BCUT2D eigenvalue weighted by molar-refractivity contribution is -0.0431. The van der Waals surface area contributed by atoms with E-state index in [0.717, 1.165) is 5.69 Å². The highest BCUT2D eigenvalue weighted by molar-refractivity contribution is 6.12. The van der Waals surface area contributed by atoms with Gasteiger partial charge in [0.25, 0.3) is 11.6 Å². The number of rotatable bonds is 3. The molecule has 0 spiro atoms. The van der Waals surface area contributed by atoms with Crippen LogP contribution in [0.3, 0.4) is 0 Å². The van der Waals surface area contributed by atoms with Gasteiger partial charge in [0.15, 0.2) is 11.5 Å². The van der Waals surface area contributed by atoms with Crippen molar-refractivity contribution in [3.8, 4) is 11.5 Å². The molecule has 140 valence electrons. The highest BCUT2D eigenvalue weighted by atomic mass is 16.7. The predicted molar refractivity (Wildman–Crippen MR) is 100 cm³/mol. The largest absolute Gasteiger partial charge is 0.449 e. The maximum Gasteiger partial charge on any atom is 0.259 e. The minimum atomic E-state index is -0.714. The first-order chi connectivity index (χ1) is 12.7. The summed E-state index contributed by atoms with van der Waals surface area (Å²) in [5.74, 6) is 0.435. The first kappa shape index (κ1) is 17.3. The predicted octanol–water partition coefficient (Wildman–Crippen LogP) is 4.41. The maximum absolute atomic E-state index is 13.0. The van der Waals surface area contributed by atoms with Gasteiger partial charge in [-0.2, -0.15) is 0 Å². The molecule has 0 fully saturated rings. The molecule has 1 aromatic carbocycles. The number of nitrogens with zero attached hydrogens (tertiary/aromatic N) is 2. The Morgan fingerprint density at radius 1 is 1.15 bits per heavy atom. The lowest BCUT2D eigenvalue weighted by Gasteiger charge is -2.16. The summed E-state index contributed by atoms with van der Waals surface area (Å²) >= 11 is 0. The Kier molecular flexibility index (Phi) is 3.83. The Bertz CT molecular complexity index is 1050. The third-order valence-corrected chi connectivity index (χ3v) is 4.39. The molecular weight excluding hydrogens is 346 g/mol. The van der Waals surface area contributed by atoms with Gasteiger partial charge in [-0.15, -0.1) is 0 Å². The van der Waals surface area contributed by atoms with E-state index in [-0.39, 0.29) is 11.8 Å². The van der Waals surface area contributed by atoms with E-state index in [1.165, 1.54) is 0 Å². The molecule has 0 unspecified atom stereocenters. The average molecular weight is 367 g/mol. The lowest BCUT2D eigenvalue weighted by Crippen LogP contribution is -2.29. The number of anilines is 1. The fourth-order valence-electron chi connectivity index (χ4n) is 3.09. The number of carbonyl (C=O) groups excluding carboxylic acids is 1. The second kappa shape index (κ2) is 5.97. The molecule has 0 bridgehead atoms. The minimum Gasteiger partial charge on any atom is -0.449 e. The highest BCUT2D eigenvalue weighted by Gasteiger charge is 2.31. The van der Waals surface area contributed by atoms with Gasteiger partial charge in [0.1, 0.15) is 0 Å². The molecule has 0 saturated carbocycles. The lowest BCUT2D eigenvalue weighted by atomic mass is 10.0. The number of ether oxygens (including phenoxy) is 2. The van der Waals surface area contributed by atoms with E-state index in [4.69, 9.17) is 14.0 Å². The summed E-state index contributed by atoms with van der Waals surface area (Å²) in [6, 6.07) is 7.11. The van der Waals surface area contributed by atoms with E-state index < -0.39 is 5.79 Å². The van der Waals surface area contributed by atoms with Crippen molar-refractivity contribution >= 4 is 22.7 Å². The third-order valence-electron chi connectivity index (χ3n) is 4.39. The van der Waals surface area contributed by atoms with Crippen molar-refractivity contribution in [2.75, 3.05) is 5.32 Å². The van der Waals surface area contributed by atoms with Crippen LogP contribution in [0.4, 0.5) is 5.69 Å². The molecule has 27 heavy (non-hydrogen) atoms. The van der Waals surface area contributed by atoms with Crippen LogP contribution in [0, 0.1) is 6.92 Å². The van der Waals surface area contributed by atoms with Crippen molar-refractivity contribution in [1.29, 1.82) is 0 Å². The van der Waals surface area contributed by atoms with Gasteiger partial charge >= 0.3 is 0 Å². The molecule has 3 heterocycles. The van der Waals surface area contributed by atoms with Crippen LogP contribution in [0.2, 0.25) is 0 Å². The van der Waals surface area contributed by atoms with Gasteiger partial charge in [0, 0.05) is 31.3 Å². The van der Waals surface area contributed by atoms with Gasteiger partial charge in [-0.3, -0.25) is 4.79 Å². The Morgan fingerprint density at radius 2 is 1.89 bits per heavy atom. The molecule has 0 saturated heterocycles. The number of pyridine rings is 1. The Morgan fingerprint density at radius 3 is 2.63 bits per heavy atom. The molecule has 4 rings (SSSR count). The molecular formula is C20H21N3O4. The van der Waals surface area contributed by atoms with E-state index in [1.807, 2.05) is 27.7 Å². The van der Waals surface area contributed by atoms with E-state index >= 15 is 0 Å². The molecule has 0 aliphatic carbocycles. The molecule has 0 atom stereocenters. The number of aryl methyl sites for hydroxylation is 1. The third kappa shape index (κ3) is 3.09. The van der Waals surface area contributed by atoms with E-state index in [9.17, 15) is 4.79 Å². The van der Waals surface area contributed by atoms with Crippen LogP contribution in [0.1, 0.15) is 55.4 Å². The van der Waals surface area contributed by atoms with Gasteiger partial charge in [-0.25, -0.2) is 4.98 Å². The Hall–Kier alpha value is -3.09. The SMILES string of the molecule is Cc1noc2nc(C(C)C)cc(C(=O)Nc3ccc4c(c3)OC(C)(C)O4)c12. The number of benzene rings is 1. The monoisotopic (exact) mass is 367 g/mol. The second-order valence-electron chi connectivity index (χ2n) is 7.42. The normalized spacial score (nSPS) is 14.7. The van der Waals surface area contributed by atoms with Gasteiger partial charge in [-0.1, -0.05) is 19.0 Å². The molecule has 2 aromatic heterocycles. The van der Waals surface area contributed by atoms with Gasteiger partial charge in [0.05, 0.1) is 16.6 Å². The summed E-state index contributed by atoms with van der Waals surface area (Å²) in [4.78, 5) is 17.5. The highest BCUT2D eigenvalue weighted by Crippen LogP contribution is 2.40. The van der Waals surface area contributed by atoms with Crippen LogP contribution in [0.5, 0.6) is 11.5 Å². The topological polar surface area (TPSA) is 86.5 Å². The zero-order valence-electron chi connectivity index (χ0n) is 15.9. The molecule has 7 heteroatoms. The number of carbonyl (C=O) groups is 1. The molecule has 1 amide bonds. The summed E-state index contributed by atoms with van der Waals surface area (Å²) in [6.45, 7) is 9.49. The number of nitrogens with one attached hydrogen (secondary N) is 1. The molecule has 7 nitrogen and oxygen atoms in total. The van der Waals surface area contributed by atoms with Gasteiger partial charge in [0.2, 0.25) is 5.79 Å². The summed E-state index contributed by atoms with van der Waals surface area (Å²) < 4.78 is 16.7. The molecule has 1 aliphatic heterocycles. The van der Waals surface area contributed by atoms with Crippen molar-refractivity contribution in [3.63, 3.8) is 0 Å². The Labute approximate surface area is 156 Å². The number of amides is 1. The fraction of sp³-hybridized carbons (Fsp3) is 0.350. The van der Waals surface area contributed by atoms with Crippen molar-refractivity contribution in [3.05, 3.63) is 41.2 Å². The Balaban J connectivity index is 1.69. The van der Waals surface area contributed by atoms with Crippen LogP contribution in [-0.2, 0) is 0 Å². The quantitative estimate of drug-likeness (QED) is 0.738. The van der Waals surface area contributed by atoms with Crippen molar-refractivity contribution in [1.82, 2.24) is 10.1 Å². The van der Waals surface area contributed by atoms with Crippen LogP contribution >= 0.6 is 0 Å². The summed E-state index contributed by atoms with van der Waals surface area (Å²) in [5, 5.41) is 7.50. The smallest absolute Gasteiger partial charge is 0.259 e. The van der Waals surface area contributed by atoms with Crippen molar-refractivity contribution in [2.45, 2.75) is 46.3 Å². The van der Waals surface area contributed by atoms with Crippen LogP contribution in [0.15, 0.2) is 28.8 Å². The first-order valence-electron chi connectivity index (χ1n) is 8.84. The number of aromatic nitrogens is 2. The van der Waals surface area contributed by atoms with E-state index in [2.05, 4.69) is 15.5 Å². The summed E-state index contributed by atoms with van der Waals surface area (Å²) in [7, 11) is 0. The van der Waals surface area contributed by atoms with Crippen molar-refractivity contribution in [2.24, 2.45) is 0 Å². The molecule has 1 N–H and O–H groups in total. The summed E-state index contributed by atoms with van der Waals surface area (Å²) in [5.41, 5.74) is 2.88. The zero-order valence-corrected chi connectivity index (χ0v) is 15.9. The molecule has 0 radical (unpaired) electrons. The second-order valence-corrected chi connectivity index (χ2v) is 7.42. The van der Waals surface area contributed by atoms with Crippen LogP contribution < -0.4 is 14.8 Å². The fourth-order valence-corrected chi connectivity index (χ4v) is 3.09. The van der Waals surface area contributed by atoms with Crippen molar-refractivity contribution < 1.29 is 18.8 Å². The van der Waals surface area contributed by atoms with Crippen LogP contribution in [-0.4, -0.2) is 21.8 Å². The van der Waals surface area contributed by atoms with E-state index in [1.54, 1.807) is 31.2 Å².